The van der Waals surface area contributed by atoms with Crippen LogP contribution in [0.25, 0.3) is 0 Å². The van der Waals surface area contributed by atoms with Gasteiger partial charge in [-0.15, -0.1) is 0 Å². The molecule has 1 fully saturated rings. The number of carbonyl (C=O) groups excluding carboxylic acids is 2. The van der Waals surface area contributed by atoms with E-state index in [0.717, 1.165) is 5.56 Å². The van der Waals surface area contributed by atoms with E-state index < -0.39 is 11.7 Å². The minimum atomic E-state index is -0.525. The average Bonchev–Trinajstić information content (AvgIpc) is 2.77. The molecule has 1 aromatic rings. The lowest BCUT2D eigenvalue weighted by atomic mass is 10.1. The number of amides is 2. The zero-order valence-corrected chi connectivity index (χ0v) is 10.1. The molecule has 1 aliphatic rings. The van der Waals surface area contributed by atoms with Crippen molar-refractivity contribution in [3.05, 3.63) is 35.1 Å². The van der Waals surface area contributed by atoms with Crippen LogP contribution in [-0.4, -0.2) is 29.8 Å². The van der Waals surface area contributed by atoms with E-state index >= 15 is 0 Å². The van der Waals surface area contributed by atoms with Crippen molar-refractivity contribution in [1.29, 1.82) is 0 Å². The Hall–Kier alpha value is -1.91. The van der Waals surface area contributed by atoms with Crippen LogP contribution in [0.3, 0.4) is 0 Å². The van der Waals surface area contributed by atoms with Crippen molar-refractivity contribution in [2.24, 2.45) is 11.7 Å². The third kappa shape index (κ3) is 2.34. The minimum absolute atomic E-state index is 0.0470. The molecule has 1 atom stereocenters. The molecule has 0 spiro atoms. The molecule has 1 heterocycles. The maximum Gasteiger partial charge on any atom is 0.256 e. The summed E-state index contributed by atoms with van der Waals surface area (Å²) < 4.78 is 13.7. The summed E-state index contributed by atoms with van der Waals surface area (Å²) in [5.74, 6) is -1.63. The van der Waals surface area contributed by atoms with Crippen LogP contribution in [-0.2, 0) is 4.79 Å². The van der Waals surface area contributed by atoms with Crippen molar-refractivity contribution in [3.63, 3.8) is 0 Å². The zero-order valence-electron chi connectivity index (χ0n) is 10.1. The van der Waals surface area contributed by atoms with Crippen LogP contribution in [0, 0.1) is 18.7 Å². The molecule has 0 aromatic heterocycles. The van der Waals surface area contributed by atoms with E-state index in [1.165, 1.54) is 17.0 Å². The monoisotopic (exact) mass is 250 g/mol. The molecular weight excluding hydrogens is 235 g/mol. The number of carbonyl (C=O) groups is 2. The summed E-state index contributed by atoms with van der Waals surface area (Å²) in [5.41, 5.74) is 6.01. The van der Waals surface area contributed by atoms with E-state index in [2.05, 4.69) is 0 Å². The lowest BCUT2D eigenvalue weighted by Crippen LogP contribution is -2.32. The number of rotatable bonds is 2. The Morgan fingerprint density at radius 3 is 2.72 bits per heavy atom. The molecule has 5 heteroatoms. The summed E-state index contributed by atoms with van der Waals surface area (Å²) in [6.45, 7) is 2.48. The van der Waals surface area contributed by atoms with Gasteiger partial charge in [0, 0.05) is 13.1 Å². The van der Waals surface area contributed by atoms with E-state index in [1.807, 2.05) is 0 Å². The fourth-order valence-electron chi connectivity index (χ4n) is 2.14. The van der Waals surface area contributed by atoms with Gasteiger partial charge in [0.15, 0.2) is 0 Å². The molecule has 0 bridgehead atoms. The third-order valence-corrected chi connectivity index (χ3v) is 3.23. The molecule has 0 aliphatic carbocycles. The number of halogens is 1. The summed E-state index contributed by atoms with van der Waals surface area (Å²) in [6, 6.07) is 4.50. The van der Waals surface area contributed by atoms with Crippen molar-refractivity contribution in [2.45, 2.75) is 13.3 Å². The van der Waals surface area contributed by atoms with Crippen molar-refractivity contribution < 1.29 is 14.0 Å². The molecule has 0 radical (unpaired) electrons. The van der Waals surface area contributed by atoms with Crippen LogP contribution < -0.4 is 5.73 Å². The number of hydrogen-bond donors (Lipinski definition) is 1. The Morgan fingerprint density at radius 2 is 2.17 bits per heavy atom. The Labute approximate surface area is 105 Å². The highest BCUT2D eigenvalue weighted by Gasteiger charge is 2.31. The number of likely N-dealkylation sites (tertiary alicyclic amines) is 1. The van der Waals surface area contributed by atoms with Gasteiger partial charge >= 0.3 is 0 Å². The molecule has 1 unspecified atom stereocenters. The van der Waals surface area contributed by atoms with Gasteiger partial charge in [-0.2, -0.15) is 0 Å². The predicted molar refractivity (Wildman–Crippen MR) is 64.3 cm³/mol. The van der Waals surface area contributed by atoms with Crippen LogP contribution in [0.1, 0.15) is 22.3 Å². The van der Waals surface area contributed by atoms with Gasteiger partial charge in [0.25, 0.3) is 5.91 Å². The van der Waals surface area contributed by atoms with Crippen molar-refractivity contribution in [3.8, 4) is 0 Å². The lowest BCUT2D eigenvalue weighted by Gasteiger charge is -2.16. The standard InChI is InChI=1S/C13H15FN2O2/c1-8-2-3-10(11(14)6-8)13(18)16-5-4-9(7-16)12(15)17/h2-3,6,9H,4-5,7H2,1H3,(H2,15,17). The lowest BCUT2D eigenvalue weighted by molar-refractivity contribution is -0.121. The van der Waals surface area contributed by atoms with Crippen molar-refractivity contribution >= 4 is 11.8 Å². The highest BCUT2D eigenvalue weighted by atomic mass is 19.1. The quantitative estimate of drug-likeness (QED) is 0.853. The Morgan fingerprint density at radius 1 is 1.44 bits per heavy atom. The molecule has 2 amide bonds. The van der Waals surface area contributed by atoms with Gasteiger partial charge in [0.05, 0.1) is 11.5 Å². The van der Waals surface area contributed by atoms with Crippen molar-refractivity contribution in [1.82, 2.24) is 4.90 Å². The van der Waals surface area contributed by atoms with Gasteiger partial charge in [-0.25, -0.2) is 4.39 Å². The first kappa shape index (κ1) is 12.5. The topological polar surface area (TPSA) is 63.4 Å². The van der Waals surface area contributed by atoms with Gasteiger partial charge in [0.2, 0.25) is 5.91 Å². The normalized spacial score (nSPS) is 19.0. The molecule has 96 valence electrons. The Kier molecular flexibility index (Phi) is 3.32. The van der Waals surface area contributed by atoms with Crippen LogP contribution in [0.15, 0.2) is 18.2 Å². The maximum absolute atomic E-state index is 13.7. The molecule has 1 aromatic carbocycles. The van der Waals surface area contributed by atoms with Crippen LogP contribution in [0.5, 0.6) is 0 Å². The first-order valence-electron chi connectivity index (χ1n) is 5.84. The number of nitrogens with zero attached hydrogens (tertiary/aromatic N) is 1. The zero-order chi connectivity index (χ0) is 13.3. The second-order valence-electron chi connectivity index (χ2n) is 4.62. The molecule has 1 saturated heterocycles. The second kappa shape index (κ2) is 4.76. The van der Waals surface area contributed by atoms with Crippen LogP contribution in [0.2, 0.25) is 0 Å². The number of primary amides is 1. The summed E-state index contributed by atoms with van der Waals surface area (Å²) in [5, 5.41) is 0. The van der Waals surface area contributed by atoms with Crippen molar-refractivity contribution in [2.75, 3.05) is 13.1 Å². The fraction of sp³-hybridized carbons (Fsp3) is 0.385. The van der Waals surface area contributed by atoms with E-state index in [1.54, 1.807) is 13.0 Å². The average molecular weight is 250 g/mol. The first-order valence-corrected chi connectivity index (χ1v) is 5.84. The number of nitrogens with two attached hydrogens (primary N) is 1. The van der Waals surface area contributed by atoms with Crippen LogP contribution in [0.4, 0.5) is 4.39 Å². The summed E-state index contributed by atoms with van der Waals surface area (Å²) >= 11 is 0. The number of benzene rings is 1. The second-order valence-corrected chi connectivity index (χ2v) is 4.62. The van der Waals surface area contributed by atoms with Gasteiger partial charge in [0.1, 0.15) is 5.82 Å². The number of aryl methyl sites for hydroxylation is 1. The fourth-order valence-corrected chi connectivity index (χ4v) is 2.14. The molecule has 0 saturated carbocycles. The van der Waals surface area contributed by atoms with E-state index in [-0.39, 0.29) is 23.9 Å². The smallest absolute Gasteiger partial charge is 0.256 e. The van der Waals surface area contributed by atoms with Gasteiger partial charge in [-0.3, -0.25) is 9.59 Å². The molecular formula is C13H15FN2O2. The van der Waals surface area contributed by atoms with Gasteiger partial charge in [-0.05, 0) is 31.0 Å². The molecule has 2 rings (SSSR count). The van der Waals surface area contributed by atoms with Crippen LogP contribution >= 0.6 is 0 Å². The van der Waals surface area contributed by atoms with Gasteiger partial charge in [-0.1, -0.05) is 6.07 Å². The maximum atomic E-state index is 13.7. The van der Waals surface area contributed by atoms with E-state index in [4.69, 9.17) is 5.73 Å². The van der Waals surface area contributed by atoms with Gasteiger partial charge < -0.3 is 10.6 Å². The molecule has 4 nitrogen and oxygen atoms in total. The number of hydrogen-bond acceptors (Lipinski definition) is 2. The largest absolute Gasteiger partial charge is 0.369 e. The SMILES string of the molecule is Cc1ccc(C(=O)N2CCC(C(N)=O)C2)c(F)c1. The minimum Gasteiger partial charge on any atom is -0.369 e. The summed E-state index contributed by atoms with van der Waals surface area (Å²) in [4.78, 5) is 24.6. The molecule has 18 heavy (non-hydrogen) atoms. The summed E-state index contributed by atoms with van der Waals surface area (Å²) in [7, 11) is 0. The van der Waals surface area contributed by atoms with E-state index in [9.17, 15) is 14.0 Å². The first-order chi connectivity index (χ1) is 8.49. The van der Waals surface area contributed by atoms with E-state index in [0.29, 0.717) is 13.0 Å². The molecule has 1 aliphatic heterocycles. The predicted octanol–water partition coefficient (Wildman–Crippen LogP) is 1.08. The molecule has 2 N–H and O–H groups in total. The Balaban J connectivity index is 2.15. The highest BCUT2D eigenvalue weighted by Crippen LogP contribution is 2.20. The third-order valence-electron chi connectivity index (χ3n) is 3.23. The Bertz CT molecular complexity index is 502. The summed E-state index contributed by atoms with van der Waals surface area (Å²) in [6.07, 6.45) is 0.550. The highest BCUT2D eigenvalue weighted by molar-refractivity contribution is 5.95.